The molecule has 204 valence electrons. The molecular formula is C34H32O6. The zero-order valence-electron chi connectivity index (χ0n) is 23.3. The SMILES string of the molecule is C=C(C)C(=O)Oc1ccc(-c2ccc(-c3ccc(OC(=O)C(=C)C)c4c3CCC4)c(C)c2)cc1OC(=O)C(=C)C. The Morgan fingerprint density at radius 3 is 1.68 bits per heavy atom. The molecule has 0 spiro atoms. The summed E-state index contributed by atoms with van der Waals surface area (Å²) < 4.78 is 16.5. The number of carbonyl (C=O) groups is 3. The summed E-state index contributed by atoms with van der Waals surface area (Å²) >= 11 is 0. The van der Waals surface area contributed by atoms with E-state index in [4.69, 9.17) is 14.2 Å². The van der Waals surface area contributed by atoms with Crippen LogP contribution in [0.5, 0.6) is 17.2 Å². The molecule has 0 saturated carbocycles. The minimum Gasteiger partial charge on any atom is -0.423 e. The lowest BCUT2D eigenvalue weighted by atomic mass is 9.91. The highest BCUT2D eigenvalue weighted by Gasteiger charge is 2.23. The van der Waals surface area contributed by atoms with Crippen molar-refractivity contribution in [2.75, 3.05) is 0 Å². The highest BCUT2D eigenvalue weighted by Crippen LogP contribution is 2.41. The first-order chi connectivity index (χ1) is 19.0. The first-order valence-corrected chi connectivity index (χ1v) is 13.0. The van der Waals surface area contributed by atoms with Crippen LogP contribution in [0.3, 0.4) is 0 Å². The van der Waals surface area contributed by atoms with E-state index in [1.165, 1.54) is 12.5 Å². The summed E-state index contributed by atoms with van der Waals surface area (Å²) in [6.45, 7) is 17.7. The van der Waals surface area contributed by atoms with E-state index in [0.717, 1.165) is 52.6 Å². The van der Waals surface area contributed by atoms with E-state index in [-0.39, 0.29) is 22.6 Å². The van der Waals surface area contributed by atoms with Gasteiger partial charge in [-0.2, -0.15) is 0 Å². The third-order valence-corrected chi connectivity index (χ3v) is 6.69. The monoisotopic (exact) mass is 536 g/mol. The van der Waals surface area contributed by atoms with Gasteiger partial charge >= 0.3 is 17.9 Å². The largest absolute Gasteiger partial charge is 0.423 e. The number of esters is 3. The number of carbonyl (C=O) groups excluding carboxylic acids is 3. The highest BCUT2D eigenvalue weighted by atomic mass is 16.6. The van der Waals surface area contributed by atoms with E-state index >= 15 is 0 Å². The van der Waals surface area contributed by atoms with Gasteiger partial charge in [0.2, 0.25) is 0 Å². The average Bonchev–Trinajstić information content (AvgIpc) is 3.40. The van der Waals surface area contributed by atoms with Crippen molar-refractivity contribution in [2.24, 2.45) is 0 Å². The Balaban J connectivity index is 1.70. The third kappa shape index (κ3) is 5.96. The molecule has 0 fully saturated rings. The zero-order valence-corrected chi connectivity index (χ0v) is 23.3. The van der Waals surface area contributed by atoms with E-state index < -0.39 is 17.9 Å². The van der Waals surface area contributed by atoms with E-state index in [2.05, 4.69) is 31.9 Å². The fourth-order valence-electron chi connectivity index (χ4n) is 4.58. The average molecular weight is 537 g/mol. The first kappa shape index (κ1) is 28.3. The van der Waals surface area contributed by atoms with Crippen molar-refractivity contribution in [3.05, 3.63) is 102 Å². The van der Waals surface area contributed by atoms with E-state index in [9.17, 15) is 14.4 Å². The van der Waals surface area contributed by atoms with E-state index in [0.29, 0.717) is 11.3 Å². The van der Waals surface area contributed by atoms with Gasteiger partial charge in [-0.15, -0.1) is 0 Å². The number of hydrogen-bond donors (Lipinski definition) is 0. The van der Waals surface area contributed by atoms with Crippen LogP contribution in [-0.2, 0) is 27.2 Å². The van der Waals surface area contributed by atoms with Crippen molar-refractivity contribution in [1.29, 1.82) is 0 Å². The van der Waals surface area contributed by atoms with Gasteiger partial charge in [0.1, 0.15) is 5.75 Å². The molecule has 0 aromatic heterocycles. The molecule has 0 saturated heterocycles. The normalized spacial score (nSPS) is 11.8. The van der Waals surface area contributed by atoms with Crippen LogP contribution in [0, 0.1) is 6.92 Å². The van der Waals surface area contributed by atoms with Gasteiger partial charge in [0, 0.05) is 16.7 Å². The molecule has 1 aliphatic carbocycles. The molecule has 0 amide bonds. The number of benzene rings is 3. The summed E-state index contributed by atoms with van der Waals surface area (Å²) in [6, 6.07) is 15.1. The summed E-state index contributed by atoms with van der Waals surface area (Å²) in [7, 11) is 0. The molecule has 1 aliphatic rings. The van der Waals surface area contributed by atoms with Crippen LogP contribution in [0.2, 0.25) is 0 Å². The Morgan fingerprint density at radius 2 is 1.07 bits per heavy atom. The maximum atomic E-state index is 12.3. The van der Waals surface area contributed by atoms with Crippen molar-refractivity contribution in [3.8, 4) is 39.5 Å². The minimum absolute atomic E-state index is 0.111. The van der Waals surface area contributed by atoms with Gasteiger partial charge in [0.25, 0.3) is 0 Å². The zero-order chi connectivity index (χ0) is 29.1. The Labute approximate surface area is 234 Å². The van der Waals surface area contributed by atoms with E-state index in [1.54, 1.807) is 32.0 Å². The lowest BCUT2D eigenvalue weighted by molar-refractivity contribution is -0.132. The molecule has 0 aliphatic heterocycles. The van der Waals surface area contributed by atoms with E-state index in [1.807, 2.05) is 25.1 Å². The Morgan fingerprint density at radius 1 is 0.600 bits per heavy atom. The molecular weight excluding hydrogens is 504 g/mol. The molecule has 6 heteroatoms. The second kappa shape index (κ2) is 11.6. The predicted octanol–water partition coefficient (Wildman–Crippen LogP) is 7.26. The molecule has 0 N–H and O–H groups in total. The summed E-state index contributed by atoms with van der Waals surface area (Å²) in [5, 5.41) is 0. The molecule has 0 bridgehead atoms. The molecule has 3 aromatic rings. The smallest absolute Gasteiger partial charge is 0.338 e. The van der Waals surface area contributed by atoms with Gasteiger partial charge in [0.15, 0.2) is 11.5 Å². The van der Waals surface area contributed by atoms with Crippen molar-refractivity contribution in [1.82, 2.24) is 0 Å². The Kier molecular flexibility index (Phi) is 8.19. The van der Waals surface area contributed by atoms with Crippen molar-refractivity contribution < 1.29 is 28.6 Å². The summed E-state index contributed by atoms with van der Waals surface area (Å²) in [6.07, 6.45) is 2.76. The molecule has 0 unspecified atom stereocenters. The van der Waals surface area contributed by atoms with Crippen molar-refractivity contribution in [3.63, 3.8) is 0 Å². The van der Waals surface area contributed by atoms with Crippen LogP contribution in [-0.4, -0.2) is 17.9 Å². The second-order valence-corrected chi connectivity index (χ2v) is 10.1. The van der Waals surface area contributed by atoms with Gasteiger partial charge in [-0.05, 0) is 104 Å². The summed E-state index contributed by atoms with van der Waals surface area (Å²) in [5.41, 5.74) is 8.00. The molecule has 3 aromatic carbocycles. The maximum absolute atomic E-state index is 12.3. The van der Waals surface area contributed by atoms with Gasteiger partial charge in [-0.25, -0.2) is 14.4 Å². The van der Waals surface area contributed by atoms with Crippen LogP contribution < -0.4 is 14.2 Å². The first-order valence-electron chi connectivity index (χ1n) is 13.0. The standard InChI is InChI=1S/C34H32O6/c1-19(2)32(35)38-29-16-14-27(26-9-8-10-28(26)29)25-13-11-23(17-22(25)7)24-12-15-30(39-33(36)20(3)4)31(18-24)40-34(37)21(5)6/h11-18H,1,3,5,8-10H2,2,4,6-7H3. The fraction of sp³-hybridized carbons (Fsp3) is 0.206. The second-order valence-electron chi connectivity index (χ2n) is 10.1. The summed E-state index contributed by atoms with van der Waals surface area (Å²) in [4.78, 5) is 36.5. The minimum atomic E-state index is -0.623. The van der Waals surface area contributed by atoms with Gasteiger partial charge in [0.05, 0.1) is 0 Å². The van der Waals surface area contributed by atoms with Crippen LogP contribution in [0.4, 0.5) is 0 Å². The highest BCUT2D eigenvalue weighted by molar-refractivity contribution is 5.92. The number of aryl methyl sites for hydroxylation is 1. The topological polar surface area (TPSA) is 78.9 Å². The van der Waals surface area contributed by atoms with Crippen LogP contribution in [0.15, 0.2) is 85.0 Å². The maximum Gasteiger partial charge on any atom is 0.338 e. The van der Waals surface area contributed by atoms with Gasteiger partial charge < -0.3 is 14.2 Å². The van der Waals surface area contributed by atoms with Crippen LogP contribution in [0.25, 0.3) is 22.3 Å². The Hall–Kier alpha value is -4.71. The lowest BCUT2D eigenvalue weighted by Crippen LogP contribution is -2.12. The molecule has 4 rings (SSSR count). The molecule has 0 radical (unpaired) electrons. The van der Waals surface area contributed by atoms with Crippen molar-refractivity contribution in [2.45, 2.75) is 47.0 Å². The molecule has 40 heavy (non-hydrogen) atoms. The fourth-order valence-corrected chi connectivity index (χ4v) is 4.58. The quantitative estimate of drug-likeness (QED) is 0.171. The number of ether oxygens (including phenoxy) is 3. The predicted molar refractivity (Wildman–Crippen MR) is 155 cm³/mol. The number of hydrogen-bond acceptors (Lipinski definition) is 6. The lowest BCUT2D eigenvalue weighted by Gasteiger charge is -2.16. The third-order valence-electron chi connectivity index (χ3n) is 6.69. The van der Waals surface area contributed by atoms with Gasteiger partial charge in [-0.1, -0.05) is 50.1 Å². The van der Waals surface area contributed by atoms with Crippen LogP contribution in [0.1, 0.15) is 43.9 Å². The molecule has 0 heterocycles. The molecule has 6 nitrogen and oxygen atoms in total. The van der Waals surface area contributed by atoms with Gasteiger partial charge in [-0.3, -0.25) is 0 Å². The Bertz CT molecular complexity index is 1590. The number of fused-ring (bicyclic) bond motifs is 1. The number of rotatable bonds is 8. The van der Waals surface area contributed by atoms with Crippen molar-refractivity contribution >= 4 is 17.9 Å². The van der Waals surface area contributed by atoms with Crippen LogP contribution >= 0.6 is 0 Å². The molecule has 0 atom stereocenters. The summed E-state index contributed by atoms with van der Waals surface area (Å²) in [5.74, 6) is -0.836.